The number of rotatable bonds is 10. The zero-order chi connectivity index (χ0) is 36.0. The van der Waals surface area contributed by atoms with Crippen LogP contribution in [-0.2, 0) is 26.9 Å². The van der Waals surface area contributed by atoms with E-state index in [0.717, 1.165) is 73.8 Å². The highest BCUT2D eigenvalue weighted by Gasteiger charge is 2.50. The topological polar surface area (TPSA) is 119 Å². The first-order chi connectivity index (χ1) is 24.4. The van der Waals surface area contributed by atoms with E-state index in [0.29, 0.717) is 44.6 Å². The summed E-state index contributed by atoms with van der Waals surface area (Å²) >= 11 is 0. The maximum Gasteiger partial charge on any atom is 0.410 e. The molecule has 1 aliphatic heterocycles. The SMILES string of the molecule is CCC(C)(C)n1cc(-c2ccnc(NC(=O)C3CCC(OC(=O)N4CC(O)C4)CC3)c2CC23CCC(c4ccc(OC)c(C)c4)(CC2)CC3)cn1. The van der Waals surface area contributed by atoms with E-state index >= 15 is 0 Å². The Morgan fingerprint density at radius 3 is 2.37 bits per heavy atom. The van der Waals surface area contributed by atoms with E-state index in [1.807, 2.05) is 12.4 Å². The van der Waals surface area contributed by atoms with Crippen LogP contribution in [0.3, 0.4) is 0 Å². The third kappa shape index (κ3) is 7.00. The Morgan fingerprint density at radius 1 is 1.04 bits per heavy atom. The first-order valence-corrected chi connectivity index (χ1v) is 19.1. The molecule has 10 nitrogen and oxygen atoms in total. The summed E-state index contributed by atoms with van der Waals surface area (Å²) in [7, 11) is 1.74. The first-order valence-electron chi connectivity index (χ1n) is 19.1. The maximum absolute atomic E-state index is 13.9. The lowest BCUT2D eigenvalue weighted by Gasteiger charge is -2.54. The van der Waals surface area contributed by atoms with Crippen molar-refractivity contribution in [3.63, 3.8) is 0 Å². The molecular formula is C41H55N5O5. The number of fused-ring (bicyclic) bond motifs is 3. The van der Waals surface area contributed by atoms with Crippen LogP contribution in [0.5, 0.6) is 5.75 Å². The highest BCUT2D eigenvalue weighted by Crippen LogP contribution is 2.59. The molecule has 0 atom stereocenters. The maximum atomic E-state index is 13.9. The molecule has 3 aromatic rings. The number of aromatic nitrogens is 3. The van der Waals surface area contributed by atoms with E-state index in [-0.39, 0.29) is 40.4 Å². The normalized spacial score (nSPS) is 26.4. The molecule has 3 heterocycles. The second-order valence-corrected chi connectivity index (χ2v) is 16.6. The minimum absolute atomic E-state index is 0.0157. The summed E-state index contributed by atoms with van der Waals surface area (Å²) in [4.78, 5) is 32.6. The quantitative estimate of drug-likeness (QED) is 0.225. The number of hydrogen-bond donors (Lipinski definition) is 2. The number of benzene rings is 1. The van der Waals surface area contributed by atoms with Crippen molar-refractivity contribution >= 4 is 17.8 Å². The standard InChI is InChI=1S/C41H55N5O5/c1-6-39(3,4)46-24-29(23-43-46)33-13-20-42-36(44-37(48)28-7-10-32(11-8-28)51-38(49)45-25-31(47)26-45)34(33)22-40-14-17-41(18-15-40,19-16-40)30-9-12-35(50-5)27(2)21-30/h9,12-13,20-21,23-24,28,31-32,47H,6-8,10-11,14-19,22,25-26H2,1-5H3,(H,42,44,48). The second kappa shape index (κ2) is 13.9. The van der Waals surface area contributed by atoms with Gasteiger partial charge < -0.3 is 24.8 Å². The molecule has 274 valence electrons. The van der Waals surface area contributed by atoms with Crippen LogP contribution in [0.2, 0.25) is 0 Å². The number of nitrogens with one attached hydrogen (secondary N) is 1. The molecule has 0 unspecified atom stereocenters. The van der Waals surface area contributed by atoms with Crippen LogP contribution in [-0.4, -0.2) is 69.2 Å². The predicted octanol–water partition coefficient (Wildman–Crippen LogP) is 7.55. The molecule has 4 saturated carbocycles. The van der Waals surface area contributed by atoms with E-state index in [4.69, 9.17) is 19.6 Å². The van der Waals surface area contributed by atoms with Crippen molar-refractivity contribution in [2.75, 3.05) is 25.5 Å². The van der Waals surface area contributed by atoms with Crippen LogP contribution in [0.15, 0.2) is 42.9 Å². The molecule has 2 aromatic heterocycles. The molecule has 2 N–H and O–H groups in total. The van der Waals surface area contributed by atoms with Crippen molar-refractivity contribution in [3.8, 4) is 16.9 Å². The summed E-state index contributed by atoms with van der Waals surface area (Å²) in [6, 6.07) is 8.84. The van der Waals surface area contributed by atoms with Gasteiger partial charge in [-0.1, -0.05) is 19.1 Å². The Bertz CT molecular complexity index is 1730. The van der Waals surface area contributed by atoms with E-state index in [1.165, 1.54) is 16.0 Å². The van der Waals surface area contributed by atoms with Gasteiger partial charge in [0.1, 0.15) is 17.7 Å². The van der Waals surface area contributed by atoms with Crippen molar-refractivity contribution < 1.29 is 24.2 Å². The summed E-state index contributed by atoms with van der Waals surface area (Å²) in [5.74, 6) is 1.42. The van der Waals surface area contributed by atoms with Gasteiger partial charge in [0.15, 0.2) is 0 Å². The fourth-order valence-corrected chi connectivity index (χ4v) is 9.03. The van der Waals surface area contributed by atoms with Gasteiger partial charge in [-0.15, -0.1) is 0 Å². The highest BCUT2D eigenvalue weighted by molar-refractivity contribution is 5.93. The van der Waals surface area contributed by atoms with Gasteiger partial charge in [-0.25, -0.2) is 9.78 Å². The lowest BCUT2D eigenvalue weighted by molar-refractivity contribution is -0.121. The number of ether oxygens (including phenoxy) is 2. The van der Waals surface area contributed by atoms with Crippen LogP contribution in [0, 0.1) is 18.3 Å². The molecule has 8 rings (SSSR count). The average Bonchev–Trinajstić information content (AvgIpc) is 3.63. The van der Waals surface area contributed by atoms with Gasteiger partial charge in [0, 0.05) is 29.4 Å². The van der Waals surface area contributed by atoms with Crippen LogP contribution in [0.4, 0.5) is 10.6 Å². The summed E-state index contributed by atoms with van der Waals surface area (Å²) < 4.78 is 13.3. The molecular weight excluding hydrogens is 642 g/mol. The highest BCUT2D eigenvalue weighted by atomic mass is 16.6. The largest absolute Gasteiger partial charge is 0.496 e. The number of aryl methyl sites for hydroxylation is 1. The second-order valence-electron chi connectivity index (χ2n) is 16.6. The molecule has 10 heteroatoms. The van der Waals surface area contributed by atoms with E-state index in [1.54, 1.807) is 7.11 Å². The van der Waals surface area contributed by atoms with E-state index in [2.05, 4.69) is 68.2 Å². The van der Waals surface area contributed by atoms with Crippen molar-refractivity contribution in [1.29, 1.82) is 0 Å². The van der Waals surface area contributed by atoms with Crippen molar-refractivity contribution in [2.24, 2.45) is 11.3 Å². The van der Waals surface area contributed by atoms with E-state index < -0.39 is 6.10 Å². The first kappa shape index (κ1) is 35.5. The number of pyridine rings is 1. The molecule has 2 bridgehead atoms. The summed E-state index contributed by atoms with van der Waals surface area (Å²) in [6.45, 7) is 9.38. The molecule has 0 spiro atoms. The van der Waals surface area contributed by atoms with Crippen molar-refractivity contribution in [2.45, 2.75) is 128 Å². The number of carbonyl (C=O) groups excluding carboxylic acids is 2. The molecule has 5 fully saturated rings. The zero-order valence-corrected chi connectivity index (χ0v) is 31.0. The fraction of sp³-hybridized carbons (Fsp3) is 0.610. The Hall–Kier alpha value is -3.92. The number of β-amino-alcohol motifs (C(OH)–C–C–N with tert-alkyl or cyclic N) is 1. The monoisotopic (exact) mass is 697 g/mol. The van der Waals surface area contributed by atoms with Crippen LogP contribution < -0.4 is 10.1 Å². The molecule has 51 heavy (non-hydrogen) atoms. The number of carbonyl (C=O) groups is 2. The third-order valence-corrected chi connectivity index (χ3v) is 13.1. The molecule has 2 amide bonds. The molecule has 0 radical (unpaired) electrons. The zero-order valence-electron chi connectivity index (χ0n) is 31.0. The molecule has 1 saturated heterocycles. The van der Waals surface area contributed by atoms with Crippen molar-refractivity contribution in [1.82, 2.24) is 19.7 Å². The molecule has 1 aromatic carbocycles. The van der Waals surface area contributed by atoms with Crippen LogP contribution in [0.1, 0.15) is 108 Å². The van der Waals surface area contributed by atoms with Gasteiger partial charge in [-0.05, 0) is 137 Å². The summed E-state index contributed by atoms with van der Waals surface area (Å²) in [5.41, 5.74) is 6.13. The lowest BCUT2D eigenvalue weighted by atomic mass is 9.50. The predicted molar refractivity (Wildman–Crippen MR) is 197 cm³/mol. The van der Waals surface area contributed by atoms with Crippen molar-refractivity contribution in [3.05, 3.63) is 59.5 Å². The molecule has 5 aliphatic rings. The Kier molecular flexibility index (Phi) is 9.67. The number of aliphatic hydroxyl groups is 1. The number of anilines is 1. The molecule has 4 aliphatic carbocycles. The summed E-state index contributed by atoms with van der Waals surface area (Å²) in [5, 5.41) is 17.6. The third-order valence-electron chi connectivity index (χ3n) is 13.1. The average molecular weight is 698 g/mol. The van der Waals surface area contributed by atoms with Gasteiger partial charge in [0.05, 0.1) is 38.0 Å². The number of nitrogens with zero attached hydrogens (tertiary/aromatic N) is 4. The minimum Gasteiger partial charge on any atom is -0.496 e. The number of amides is 2. The van der Waals surface area contributed by atoms with Gasteiger partial charge in [-0.2, -0.15) is 5.10 Å². The smallest absolute Gasteiger partial charge is 0.410 e. The van der Waals surface area contributed by atoms with Gasteiger partial charge >= 0.3 is 6.09 Å². The number of likely N-dealkylation sites (tertiary alicyclic amines) is 1. The lowest BCUT2D eigenvalue weighted by Crippen LogP contribution is -2.54. The Morgan fingerprint density at radius 2 is 1.75 bits per heavy atom. The number of aliphatic hydroxyl groups excluding tert-OH is 1. The van der Waals surface area contributed by atoms with E-state index in [9.17, 15) is 14.7 Å². The van der Waals surface area contributed by atoms with Gasteiger partial charge in [0.2, 0.25) is 5.91 Å². The number of hydrogen-bond acceptors (Lipinski definition) is 7. The van der Waals surface area contributed by atoms with Crippen LogP contribution in [0.25, 0.3) is 11.1 Å². The Labute approximate surface area is 302 Å². The minimum atomic E-state index is -0.457. The summed E-state index contributed by atoms with van der Waals surface area (Å²) in [6.07, 6.45) is 16.2. The fourth-order valence-electron chi connectivity index (χ4n) is 9.03. The van der Waals surface area contributed by atoms with Crippen LogP contribution >= 0.6 is 0 Å². The van der Waals surface area contributed by atoms with Gasteiger partial charge in [0.25, 0.3) is 0 Å². The van der Waals surface area contributed by atoms with Gasteiger partial charge in [-0.3, -0.25) is 9.48 Å². The number of methoxy groups -OCH3 is 1. The Balaban J connectivity index is 1.10.